The molecule has 0 spiro atoms. The Morgan fingerprint density at radius 3 is 1.70 bits per heavy atom. The molecule has 0 aliphatic rings. The molecule has 0 radical (unpaired) electrons. The zero-order chi connectivity index (χ0) is 15.3. The summed E-state index contributed by atoms with van der Waals surface area (Å²) in [6.07, 6.45) is 3.29. The van der Waals surface area contributed by atoms with E-state index in [0.29, 0.717) is 5.75 Å². The summed E-state index contributed by atoms with van der Waals surface area (Å²) in [6, 6.07) is 0. The van der Waals surface area contributed by atoms with Crippen LogP contribution in [0.1, 0.15) is 53.9 Å². The maximum atomic E-state index is 12.2. The number of rotatable bonds is 9. The number of hydrogen-bond donors (Lipinski definition) is 0. The van der Waals surface area contributed by atoms with Crippen molar-refractivity contribution in [2.24, 2.45) is 0 Å². The van der Waals surface area contributed by atoms with Gasteiger partial charge in [0.1, 0.15) is 0 Å². The van der Waals surface area contributed by atoms with Crippen LogP contribution in [0.5, 0.6) is 5.75 Å². The molecule has 20 heavy (non-hydrogen) atoms. The topological polar surface area (TPSA) is 43.4 Å². The summed E-state index contributed by atoms with van der Waals surface area (Å²) < 4.78 is 10.1. The first-order valence-corrected chi connectivity index (χ1v) is 15.4. The Hall–Kier alpha value is -0.321. The fourth-order valence-electron chi connectivity index (χ4n) is 3.39. The maximum absolute atomic E-state index is 12.2. The van der Waals surface area contributed by atoms with Gasteiger partial charge in [-0.2, -0.15) is 0 Å². The Kier molecular flexibility index (Phi) is 6.75. The first kappa shape index (κ1) is 17.7. The summed E-state index contributed by atoms with van der Waals surface area (Å²) in [4.78, 5) is 24.1. The number of hydrogen-bond acceptors (Lipinski definition) is 3. The zero-order valence-corrected chi connectivity index (χ0v) is 16.4. The van der Waals surface area contributed by atoms with Gasteiger partial charge in [0.15, 0.2) is 0 Å². The Morgan fingerprint density at radius 1 is 0.900 bits per heavy atom. The molecular weight excluding hydrogens is 359 g/mol. The van der Waals surface area contributed by atoms with Crippen molar-refractivity contribution in [3.05, 3.63) is 20.4 Å². The molecule has 0 aliphatic carbocycles. The van der Waals surface area contributed by atoms with Gasteiger partial charge in [-0.3, -0.25) is 0 Å². The molecule has 114 valence electrons. The third-order valence-corrected chi connectivity index (χ3v) is 20.7. The van der Waals surface area contributed by atoms with Gasteiger partial charge in [-0.05, 0) is 0 Å². The zero-order valence-electron chi connectivity index (χ0n) is 13.5. The van der Waals surface area contributed by atoms with Crippen molar-refractivity contribution in [2.75, 3.05) is 0 Å². The molecule has 0 fully saturated rings. The van der Waals surface area contributed by atoms with Crippen LogP contribution in [0.15, 0.2) is 9.59 Å². The first-order valence-electron chi connectivity index (χ1n) is 7.93. The normalized spacial score (nSPS) is 12.3. The summed E-state index contributed by atoms with van der Waals surface area (Å²) in [5.74, 6) is 0.441. The van der Waals surface area contributed by atoms with Gasteiger partial charge in [-0.1, -0.05) is 0 Å². The molecule has 0 bridgehead atoms. The average molecular weight is 387 g/mol. The summed E-state index contributed by atoms with van der Waals surface area (Å²) in [5.41, 5.74) is -0.593. The Balaban J connectivity index is 3.29. The molecule has 4 heteroatoms. The van der Waals surface area contributed by atoms with Gasteiger partial charge in [0, 0.05) is 0 Å². The van der Waals surface area contributed by atoms with E-state index in [-0.39, 0.29) is 17.0 Å². The van der Waals surface area contributed by atoms with Crippen LogP contribution < -0.4 is 19.2 Å². The minimum absolute atomic E-state index is 0.0362. The van der Waals surface area contributed by atoms with E-state index in [1.165, 1.54) is 0 Å². The molecule has 3 nitrogen and oxygen atoms in total. The van der Waals surface area contributed by atoms with E-state index in [2.05, 4.69) is 20.8 Å². The summed E-state index contributed by atoms with van der Waals surface area (Å²) in [6.45, 7) is 10.4. The quantitative estimate of drug-likeness (QED) is 0.484. The van der Waals surface area contributed by atoms with Crippen LogP contribution >= 0.6 is 0 Å². The van der Waals surface area contributed by atoms with Crippen LogP contribution in [0.3, 0.4) is 0 Å². The molecule has 0 atom stereocenters. The van der Waals surface area contributed by atoms with Gasteiger partial charge in [-0.15, -0.1) is 0 Å². The minimum atomic E-state index is -2.73. The van der Waals surface area contributed by atoms with Gasteiger partial charge < -0.3 is 0 Å². The third-order valence-electron chi connectivity index (χ3n) is 3.94. The van der Waals surface area contributed by atoms with E-state index in [1.807, 2.05) is 13.8 Å². The monoisotopic (exact) mass is 388 g/mol. The fourth-order valence-corrected chi connectivity index (χ4v) is 19.4. The van der Waals surface area contributed by atoms with E-state index in [9.17, 15) is 9.59 Å². The third kappa shape index (κ3) is 3.46. The predicted molar refractivity (Wildman–Crippen MR) is 87.8 cm³/mol. The van der Waals surface area contributed by atoms with Crippen molar-refractivity contribution in [2.45, 2.75) is 73.3 Å². The summed E-state index contributed by atoms with van der Waals surface area (Å²) in [7, 11) is 0. The van der Waals surface area contributed by atoms with E-state index >= 15 is 0 Å². The molecule has 0 aromatic heterocycles. The second-order valence-corrected chi connectivity index (χ2v) is 19.1. The predicted octanol–water partition coefficient (Wildman–Crippen LogP) is 2.96. The molecule has 0 heterocycles. The molecule has 1 aromatic carbocycles. The van der Waals surface area contributed by atoms with Gasteiger partial charge >= 0.3 is 126 Å². The molecule has 0 saturated heterocycles. The van der Waals surface area contributed by atoms with E-state index in [4.69, 9.17) is 4.74 Å². The van der Waals surface area contributed by atoms with Crippen molar-refractivity contribution in [3.8, 4) is 5.75 Å². The molecule has 0 amide bonds. The van der Waals surface area contributed by atoms with Crippen LogP contribution in [0, 0.1) is 0 Å². The molecule has 0 N–H and O–H groups in total. The Bertz CT molecular complexity index is 481. The van der Waals surface area contributed by atoms with Crippen LogP contribution in [0.2, 0.25) is 13.3 Å². The van der Waals surface area contributed by atoms with Crippen LogP contribution in [0.4, 0.5) is 0 Å². The first-order chi connectivity index (χ1) is 9.43. The SMILES string of the molecule is CC[CH2][Sn]([CH2]CC)([CH2]CC)[c]1c(OC(C)C)c(=O)c1=O. The van der Waals surface area contributed by atoms with E-state index in [0.717, 1.165) is 36.2 Å². The van der Waals surface area contributed by atoms with Crippen LogP contribution in [-0.4, -0.2) is 24.5 Å². The fraction of sp³-hybridized carbons (Fsp3) is 0.750. The molecule has 0 saturated carbocycles. The van der Waals surface area contributed by atoms with Crippen LogP contribution in [0.25, 0.3) is 0 Å². The second kappa shape index (κ2) is 7.62. The van der Waals surface area contributed by atoms with Crippen molar-refractivity contribution in [1.29, 1.82) is 0 Å². The van der Waals surface area contributed by atoms with Crippen LogP contribution in [-0.2, 0) is 0 Å². The van der Waals surface area contributed by atoms with E-state index < -0.39 is 18.4 Å². The molecular formula is C16H28O3Sn. The summed E-state index contributed by atoms with van der Waals surface area (Å²) in [5, 5.41) is 0. The molecule has 0 aliphatic heterocycles. The second-order valence-electron chi connectivity index (χ2n) is 6.06. The van der Waals surface area contributed by atoms with Crippen molar-refractivity contribution >= 4 is 22.0 Å². The van der Waals surface area contributed by atoms with Gasteiger partial charge in [-0.25, -0.2) is 0 Å². The Morgan fingerprint density at radius 2 is 1.35 bits per heavy atom. The number of ether oxygens (including phenoxy) is 1. The van der Waals surface area contributed by atoms with E-state index in [1.54, 1.807) is 0 Å². The van der Waals surface area contributed by atoms with Crippen molar-refractivity contribution < 1.29 is 4.74 Å². The standard InChI is InChI=1S/C7H7O3.3C3H7.Sn/c1-4(2)10-6-3-5(8)7(6)9;3*1-3-2;/h4H,1-2H3;3*1,3H2,2H3;. The summed E-state index contributed by atoms with van der Waals surface area (Å²) >= 11 is -2.73. The van der Waals surface area contributed by atoms with Crippen molar-refractivity contribution in [3.63, 3.8) is 0 Å². The molecule has 1 aromatic rings. The molecule has 0 unspecified atom stereocenters. The van der Waals surface area contributed by atoms with Gasteiger partial charge in [0.2, 0.25) is 0 Å². The van der Waals surface area contributed by atoms with Crippen molar-refractivity contribution in [1.82, 2.24) is 0 Å². The van der Waals surface area contributed by atoms with Gasteiger partial charge in [0.05, 0.1) is 0 Å². The average Bonchev–Trinajstić information content (AvgIpc) is 2.38. The Labute approximate surface area is 126 Å². The molecule has 1 rings (SSSR count). The van der Waals surface area contributed by atoms with Gasteiger partial charge in [0.25, 0.3) is 0 Å².